The van der Waals surface area contributed by atoms with E-state index < -0.39 is 26.0 Å². The molecule has 0 bridgehead atoms. The van der Waals surface area contributed by atoms with Crippen LogP contribution in [0, 0.1) is 0 Å². The van der Waals surface area contributed by atoms with Crippen molar-refractivity contribution in [3.8, 4) is 11.1 Å². The molecule has 0 aromatic heterocycles. The fraction of sp³-hybridized carbons (Fsp3) is 0.259. The third-order valence-electron chi connectivity index (χ3n) is 7.59. The monoisotopic (exact) mass is 489 g/mol. The smallest absolute Gasteiger partial charge is 0.418 e. The van der Waals surface area contributed by atoms with Crippen molar-refractivity contribution in [3.05, 3.63) is 90.0 Å². The highest BCUT2D eigenvalue weighted by atomic mass is 32.2. The number of fused-ring (bicyclic) bond motifs is 4. The maximum Gasteiger partial charge on any atom is 0.532 e. The molecule has 1 unspecified atom stereocenters. The molecule has 2 fully saturated rings. The first-order valence-electron chi connectivity index (χ1n) is 11.7. The topological polar surface area (TPSA) is 89.5 Å². The van der Waals surface area contributed by atoms with Crippen LogP contribution in [0.3, 0.4) is 0 Å². The standard InChI is InChI=1S/C27H25N2O5S/c30-25-16-28-24-14-15-29(26(24)25,35(32,33)18-8-2-1-3-9-18)27(31)34-17-23-21-12-6-4-10-19(21)20-11-5-7-13-22(20)23/h1-13,23-24,26,28H,14-17H2/q+1/t24-,26+,29?/m1/s1. The number of amides is 1. The molecular weight excluding hydrogens is 464 g/mol. The lowest BCUT2D eigenvalue weighted by Crippen LogP contribution is -2.63. The van der Waals surface area contributed by atoms with E-state index in [9.17, 15) is 18.0 Å². The maximum absolute atomic E-state index is 14.0. The van der Waals surface area contributed by atoms with E-state index in [1.54, 1.807) is 18.2 Å². The van der Waals surface area contributed by atoms with Crippen molar-refractivity contribution in [1.29, 1.82) is 0 Å². The third-order valence-corrected chi connectivity index (χ3v) is 9.87. The number of Topliss-reactive ketones (excluding diaryl/α,β-unsaturated/α-hetero) is 1. The average molecular weight is 490 g/mol. The molecule has 3 atom stereocenters. The van der Waals surface area contributed by atoms with Gasteiger partial charge in [0.1, 0.15) is 18.0 Å². The lowest BCUT2D eigenvalue weighted by molar-refractivity contribution is -0.734. The number of benzene rings is 3. The van der Waals surface area contributed by atoms with Gasteiger partial charge in [-0.15, -0.1) is 3.89 Å². The number of sulfonamides is 1. The largest absolute Gasteiger partial charge is 0.532 e. The summed E-state index contributed by atoms with van der Waals surface area (Å²) in [5.74, 6) is -0.484. The van der Waals surface area contributed by atoms with E-state index in [0.29, 0.717) is 6.42 Å². The van der Waals surface area contributed by atoms with Crippen molar-refractivity contribution in [1.82, 2.24) is 5.32 Å². The second-order valence-electron chi connectivity index (χ2n) is 9.30. The molecule has 6 rings (SSSR count). The Hall–Kier alpha value is -3.33. The van der Waals surface area contributed by atoms with Crippen LogP contribution in [0.25, 0.3) is 11.1 Å². The van der Waals surface area contributed by atoms with Crippen LogP contribution in [0.5, 0.6) is 0 Å². The normalized spacial score (nSPS) is 25.2. The highest BCUT2D eigenvalue weighted by molar-refractivity contribution is 7.86. The van der Waals surface area contributed by atoms with Crippen LogP contribution in [0.4, 0.5) is 4.79 Å². The van der Waals surface area contributed by atoms with Crippen molar-refractivity contribution in [2.45, 2.75) is 29.3 Å². The van der Waals surface area contributed by atoms with Gasteiger partial charge in [0.25, 0.3) is 0 Å². The lowest BCUT2D eigenvalue weighted by Gasteiger charge is -2.33. The zero-order valence-corrected chi connectivity index (χ0v) is 19.8. The number of carbonyl (C=O) groups is 2. The van der Waals surface area contributed by atoms with Gasteiger partial charge in [-0.1, -0.05) is 66.7 Å². The summed E-state index contributed by atoms with van der Waals surface area (Å²) in [6.45, 7) is 0.0362. The van der Waals surface area contributed by atoms with Crippen LogP contribution in [-0.4, -0.2) is 56.0 Å². The molecule has 178 valence electrons. The van der Waals surface area contributed by atoms with Gasteiger partial charge in [0.05, 0.1) is 12.6 Å². The predicted octanol–water partition coefficient (Wildman–Crippen LogP) is 3.45. The Labute approximate surface area is 204 Å². The molecular formula is C27H25N2O5S+. The van der Waals surface area contributed by atoms with Crippen LogP contribution in [0.1, 0.15) is 23.5 Å². The number of carbonyl (C=O) groups excluding carboxylic acids is 2. The molecule has 35 heavy (non-hydrogen) atoms. The lowest BCUT2D eigenvalue weighted by atomic mass is 9.98. The predicted molar refractivity (Wildman–Crippen MR) is 129 cm³/mol. The average Bonchev–Trinajstić information content (AvgIpc) is 3.55. The van der Waals surface area contributed by atoms with Crippen LogP contribution in [0.15, 0.2) is 83.8 Å². The Morgan fingerprint density at radius 1 is 0.914 bits per heavy atom. The van der Waals surface area contributed by atoms with E-state index in [0.717, 1.165) is 22.3 Å². The summed E-state index contributed by atoms with van der Waals surface area (Å²) in [4.78, 5) is 26.7. The fourth-order valence-corrected chi connectivity index (χ4v) is 8.02. The van der Waals surface area contributed by atoms with E-state index in [1.165, 1.54) is 12.1 Å². The number of nitrogens with zero attached hydrogens (tertiary/aromatic N) is 1. The molecule has 1 amide bonds. The summed E-state index contributed by atoms with van der Waals surface area (Å²) in [7, 11) is -4.25. The van der Waals surface area contributed by atoms with E-state index in [-0.39, 0.29) is 42.3 Å². The van der Waals surface area contributed by atoms with Gasteiger partial charge >= 0.3 is 16.1 Å². The Morgan fingerprint density at radius 2 is 1.51 bits per heavy atom. The molecule has 3 aromatic carbocycles. The first kappa shape index (κ1) is 22.2. The minimum Gasteiger partial charge on any atom is -0.418 e. The third kappa shape index (κ3) is 3.14. The quantitative estimate of drug-likeness (QED) is 0.565. The molecule has 1 N–H and O–H groups in total. The molecule has 0 saturated carbocycles. The Balaban J connectivity index is 1.38. The van der Waals surface area contributed by atoms with Crippen molar-refractivity contribution in [2.75, 3.05) is 19.7 Å². The Bertz CT molecular complexity index is 1390. The van der Waals surface area contributed by atoms with Crippen LogP contribution >= 0.6 is 0 Å². The van der Waals surface area contributed by atoms with Crippen molar-refractivity contribution in [3.63, 3.8) is 0 Å². The van der Waals surface area contributed by atoms with Crippen LogP contribution in [-0.2, 0) is 19.6 Å². The van der Waals surface area contributed by atoms with Gasteiger partial charge in [-0.25, -0.2) is 0 Å². The Kier molecular flexibility index (Phi) is 5.14. The second-order valence-corrected chi connectivity index (χ2v) is 11.4. The molecule has 1 aliphatic carbocycles. The van der Waals surface area contributed by atoms with Crippen molar-refractivity contribution in [2.24, 2.45) is 0 Å². The Morgan fingerprint density at radius 3 is 2.17 bits per heavy atom. The van der Waals surface area contributed by atoms with E-state index in [1.807, 2.05) is 48.5 Å². The number of likely N-dealkylation sites (tertiary alicyclic amines) is 1. The zero-order chi connectivity index (χ0) is 24.2. The molecule has 3 aliphatic rings. The van der Waals surface area contributed by atoms with Gasteiger partial charge < -0.3 is 10.1 Å². The molecule has 0 radical (unpaired) electrons. The molecule has 8 heteroatoms. The minimum absolute atomic E-state index is 0.00379. The van der Waals surface area contributed by atoms with Gasteiger partial charge in [-0.2, -0.15) is 13.2 Å². The summed E-state index contributed by atoms with van der Waals surface area (Å²) < 4.78 is 32.8. The van der Waals surface area contributed by atoms with Crippen molar-refractivity contribution >= 4 is 21.9 Å². The second kappa shape index (κ2) is 8.12. The van der Waals surface area contributed by atoms with Gasteiger partial charge in [-0.05, 0) is 34.4 Å². The number of hydrogen-bond donors (Lipinski definition) is 1. The van der Waals surface area contributed by atoms with Gasteiger partial charge in [0.2, 0.25) is 5.78 Å². The summed E-state index contributed by atoms with van der Waals surface area (Å²) in [5, 5.41) is 3.09. The first-order chi connectivity index (χ1) is 16.9. The summed E-state index contributed by atoms with van der Waals surface area (Å²) in [6, 6.07) is 22.4. The van der Waals surface area contributed by atoms with Crippen LogP contribution < -0.4 is 5.32 Å². The van der Waals surface area contributed by atoms with Gasteiger partial charge in [0.15, 0.2) is 6.04 Å². The number of rotatable bonds is 4. The molecule has 2 aliphatic heterocycles. The number of hydrogen-bond acceptors (Lipinski definition) is 6. The number of ether oxygens (including phenoxy) is 1. The summed E-state index contributed by atoms with van der Waals surface area (Å²) in [6.07, 6.45) is -0.493. The number of nitrogens with one attached hydrogen (secondary N) is 1. The number of quaternary nitrogens is 1. The van der Waals surface area contributed by atoms with E-state index >= 15 is 0 Å². The van der Waals surface area contributed by atoms with Gasteiger partial charge in [0, 0.05) is 12.3 Å². The molecule has 3 aromatic rings. The van der Waals surface area contributed by atoms with E-state index in [2.05, 4.69) is 5.32 Å². The van der Waals surface area contributed by atoms with Crippen molar-refractivity contribution < 1.29 is 26.6 Å². The molecule has 0 spiro atoms. The van der Waals surface area contributed by atoms with Gasteiger partial charge in [-0.3, -0.25) is 4.79 Å². The molecule has 2 heterocycles. The highest BCUT2D eigenvalue weighted by Gasteiger charge is 2.67. The molecule has 7 nitrogen and oxygen atoms in total. The van der Waals surface area contributed by atoms with E-state index in [4.69, 9.17) is 4.74 Å². The minimum atomic E-state index is -4.25. The zero-order valence-electron chi connectivity index (χ0n) is 19.0. The SMILES string of the molecule is O=C1CN[C@@H]2CC[N+](C(=O)OCC3c4ccccc4-c4ccccc43)(S(=O)(=O)c3ccccc3)[C@H]12. The maximum atomic E-state index is 14.0. The highest BCUT2D eigenvalue weighted by Crippen LogP contribution is 2.45. The summed E-state index contributed by atoms with van der Waals surface area (Å²) in [5.41, 5.74) is 4.25. The number of ketones is 1. The first-order valence-corrected chi connectivity index (χ1v) is 13.2. The fourth-order valence-electron chi connectivity index (χ4n) is 5.98. The summed E-state index contributed by atoms with van der Waals surface area (Å²) >= 11 is 0. The van der Waals surface area contributed by atoms with Crippen LogP contribution in [0.2, 0.25) is 0 Å². The molecule has 2 saturated heterocycles.